The number of anilines is 2. The number of carbonyl (C=O) groups excluding carboxylic acids is 1. The van der Waals surface area contributed by atoms with Crippen LogP contribution >= 0.6 is 0 Å². The van der Waals surface area contributed by atoms with Gasteiger partial charge in [0.1, 0.15) is 0 Å². The van der Waals surface area contributed by atoms with Crippen molar-refractivity contribution in [2.45, 2.75) is 25.2 Å². The third-order valence-corrected chi connectivity index (χ3v) is 5.76. The predicted molar refractivity (Wildman–Crippen MR) is 112 cm³/mol. The molecule has 0 fully saturated rings. The highest BCUT2D eigenvalue weighted by Gasteiger charge is 2.14. The van der Waals surface area contributed by atoms with Crippen molar-refractivity contribution >= 4 is 27.3 Å². The minimum Gasteiger partial charge on any atom is -0.326 e. The molecule has 0 atom stereocenters. The van der Waals surface area contributed by atoms with Crippen LogP contribution in [0.1, 0.15) is 16.7 Å². The molecule has 0 saturated carbocycles. The molecule has 2 N–H and O–H groups in total. The van der Waals surface area contributed by atoms with Crippen LogP contribution in [0.25, 0.3) is 0 Å². The zero-order valence-corrected chi connectivity index (χ0v) is 16.6. The number of amides is 1. The molecule has 0 heterocycles. The number of hydrogen-bond donors (Lipinski definition) is 2. The normalized spacial score (nSPS) is 11.1. The maximum absolute atomic E-state index is 12.4. The van der Waals surface area contributed by atoms with Gasteiger partial charge in [-0.05, 0) is 61.4 Å². The highest BCUT2D eigenvalue weighted by atomic mass is 32.2. The molecule has 1 amide bonds. The zero-order valence-electron chi connectivity index (χ0n) is 15.8. The van der Waals surface area contributed by atoms with E-state index >= 15 is 0 Å². The first-order valence-corrected chi connectivity index (χ1v) is 10.4. The summed E-state index contributed by atoms with van der Waals surface area (Å²) in [6, 6.07) is 21.0. The molecule has 144 valence electrons. The fraction of sp³-hybridized carbons (Fsp3) is 0.136. The van der Waals surface area contributed by atoms with E-state index in [0.717, 1.165) is 16.7 Å². The van der Waals surface area contributed by atoms with Crippen LogP contribution < -0.4 is 10.0 Å². The molecule has 0 saturated heterocycles. The summed E-state index contributed by atoms with van der Waals surface area (Å²) in [7, 11) is -3.65. The molecule has 0 bridgehead atoms. The topological polar surface area (TPSA) is 75.3 Å². The number of sulfonamides is 1. The Labute approximate surface area is 165 Å². The molecule has 3 rings (SSSR count). The van der Waals surface area contributed by atoms with Crippen LogP contribution in [0.4, 0.5) is 11.4 Å². The molecule has 28 heavy (non-hydrogen) atoms. The Hall–Kier alpha value is -3.12. The smallest absolute Gasteiger partial charge is 0.261 e. The van der Waals surface area contributed by atoms with E-state index in [1.54, 1.807) is 48.5 Å². The van der Waals surface area contributed by atoms with Gasteiger partial charge in [-0.15, -0.1) is 0 Å². The standard InChI is InChI=1S/C22H22N2O3S/c1-16-7-13-21(14-8-16)28(26,27)24-20-11-9-19(10-12-20)23-22(25)15-18-6-4-3-5-17(18)2/h3-14,24H,15H2,1-2H3,(H,23,25). The van der Waals surface area contributed by atoms with E-state index in [2.05, 4.69) is 10.0 Å². The largest absolute Gasteiger partial charge is 0.326 e. The Bertz CT molecular complexity index is 1070. The fourth-order valence-corrected chi connectivity index (χ4v) is 3.80. The molecule has 0 aromatic heterocycles. The Morgan fingerprint density at radius 2 is 1.43 bits per heavy atom. The Morgan fingerprint density at radius 1 is 0.821 bits per heavy atom. The lowest BCUT2D eigenvalue weighted by Crippen LogP contribution is -2.15. The molecule has 0 aliphatic carbocycles. The van der Waals surface area contributed by atoms with Gasteiger partial charge in [0.2, 0.25) is 5.91 Å². The van der Waals surface area contributed by atoms with Gasteiger partial charge in [-0.2, -0.15) is 0 Å². The van der Waals surface area contributed by atoms with Gasteiger partial charge in [-0.3, -0.25) is 9.52 Å². The van der Waals surface area contributed by atoms with Gasteiger partial charge < -0.3 is 5.32 Å². The zero-order chi connectivity index (χ0) is 20.1. The summed E-state index contributed by atoms with van der Waals surface area (Å²) < 4.78 is 27.4. The van der Waals surface area contributed by atoms with Crippen molar-refractivity contribution < 1.29 is 13.2 Å². The van der Waals surface area contributed by atoms with Gasteiger partial charge in [0, 0.05) is 11.4 Å². The third-order valence-electron chi connectivity index (χ3n) is 4.36. The van der Waals surface area contributed by atoms with E-state index in [4.69, 9.17) is 0 Å². The molecule has 0 aliphatic rings. The van der Waals surface area contributed by atoms with Crippen molar-refractivity contribution in [2.24, 2.45) is 0 Å². The Balaban J connectivity index is 1.64. The van der Waals surface area contributed by atoms with Crippen molar-refractivity contribution in [3.05, 3.63) is 89.5 Å². The van der Waals surface area contributed by atoms with Gasteiger partial charge in [-0.25, -0.2) is 8.42 Å². The van der Waals surface area contributed by atoms with E-state index in [-0.39, 0.29) is 17.2 Å². The van der Waals surface area contributed by atoms with Gasteiger partial charge in [0.05, 0.1) is 11.3 Å². The van der Waals surface area contributed by atoms with E-state index in [1.807, 2.05) is 38.1 Å². The lowest BCUT2D eigenvalue weighted by atomic mass is 10.1. The third kappa shape index (κ3) is 4.98. The second kappa shape index (κ2) is 8.27. The molecule has 0 spiro atoms. The summed E-state index contributed by atoms with van der Waals surface area (Å²) in [6.07, 6.45) is 0.286. The van der Waals surface area contributed by atoms with Crippen LogP contribution in [0, 0.1) is 13.8 Å². The maximum atomic E-state index is 12.4. The second-order valence-corrected chi connectivity index (χ2v) is 8.33. The fourth-order valence-electron chi connectivity index (χ4n) is 2.74. The molecular weight excluding hydrogens is 372 g/mol. The highest BCUT2D eigenvalue weighted by molar-refractivity contribution is 7.92. The molecule has 0 unspecified atom stereocenters. The van der Waals surface area contributed by atoms with Gasteiger partial charge in [0.25, 0.3) is 10.0 Å². The van der Waals surface area contributed by atoms with Crippen molar-refractivity contribution in [1.29, 1.82) is 0 Å². The van der Waals surface area contributed by atoms with Crippen LogP contribution in [0.5, 0.6) is 0 Å². The number of hydrogen-bond acceptors (Lipinski definition) is 3. The SMILES string of the molecule is Cc1ccc(S(=O)(=O)Nc2ccc(NC(=O)Cc3ccccc3C)cc2)cc1. The summed E-state index contributed by atoms with van der Waals surface area (Å²) in [6.45, 7) is 3.87. The summed E-state index contributed by atoms with van der Waals surface area (Å²) in [5.74, 6) is -0.123. The predicted octanol–water partition coefficient (Wildman–Crippen LogP) is 4.29. The van der Waals surface area contributed by atoms with Crippen molar-refractivity contribution in [3.63, 3.8) is 0 Å². The van der Waals surface area contributed by atoms with Crippen LogP contribution in [0.2, 0.25) is 0 Å². The quantitative estimate of drug-likeness (QED) is 0.655. The molecule has 5 nitrogen and oxygen atoms in total. The van der Waals surface area contributed by atoms with Crippen LogP contribution in [0.15, 0.2) is 77.7 Å². The number of carbonyl (C=O) groups is 1. The molecule has 0 radical (unpaired) electrons. The summed E-state index contributed by atoms with van der Waals surface area (Å²) in [5.41, 5.74) is 4.07. The second-order valence-electron chi connectivity index (χ2n) is 6.65. The van der Waals surface area contributed by atoms with Gasteiger partial charge in [0.15, 0.2) is 0 Å². The molecule has 3 aromatic rings. The number of rotatable bonds is 6. The summed E-state index contributed by atoms with van der Waals surface area (Å²) in [5, 5.41) is 2.83. The van der Waals surface area contributed by atoms with Crippen LogP contribution in [-0.2, 0) is 21.2 Å². The van der Waals surface area contributed by atoms with Gasteiger partial charge in [-0.1, -0.05) is 42.0 Å². The van der Waals surface area contributed by atoms with Crippen molar-refractivity contribution in [3.8, 4) is 0 Å². The summed E-state index contributed by atoms with van der Waals surface area (Å²) in [4.78, 5) is 12.4. The molecule has 0 aliphatic heterocycles. The van der Waals surface area contributed by atoms with Crippen molar-refractivity contribution in [1.82, 2.24) is 0 Å². The first kappa shape index (κ1) is 19.6. The van der Waals surface area contributed by atoms with Crippen molar-refractivity contribution in [2.75, 3.05) is 10.0 Å². The van der Waals surface area contributed by atoms with Crippen LogP contribution in [0.3, 0.4) is 0 Å². The average Bonchev–Trinajstić information content (AvgIpc) is 2.65. The monoisotopic (exact) mass is 394 g/mol. The van der Waals surface area contributed by atoms with E-state index in [1.165, 1.54) is 0 Å². The lowest BCUT2D eigenvalue weighted by Gasteiger charge is -2.10. The lowest BCUT2D eigenvalue weighted by molar-refractivity contribution is -0.115. The first-order chi connectivity index (χ1) is 13.3. The number of benzene rings is 3. The molecular formula is C22H22N2O3S. The maximum Gasteiger partial charge on any atom is 0.261 e. The van der Waals surface area contributed by atoms with E-state index < -0.39 is 10.0 Å². The molecule has 6 heteroatoms. The minimum atomic E-state index is -3.65. The minimum absolute atomic E-state index is 0.123. The van der Waals surface area contributed by atoms with E-state index in [9.17, 15) is 13.2 Å². The summed E-state index contributed by atoms with van der Waals surface area (Å²) >= 11 is 0. The Morgan fingerprint density at radius 3 is 2.07 bits per heavy atom. The highest BCUT2D eigenvalue weighted by Crippen LogP contribution is 2.19. The first-order valence-electron chi connectivity index (χ1n) is 8.87. The Kier molecular flexibility index (Phi) is 5.80. The van der Waals surface area contributed by atoms with Gasteiger partial charge >= 0.3 is 0 Å². The average molecular weight is 394 g/mol. The van der Waals surface area contributed by atoms with E-state index in [0.29, 0.717) is 11.4 Å². The number of aryl methyl sites for hydroxylation is 2. The van der Waals surface area contributed by atoms with Crippen LogP contribution in [-0.4, -0.2) is 14.3 Å². The number of nitrogens with one attached hydrogen (secondary N) is 2. The molecule has 3 aromatic carbocycles.